The van der Waals surface area contributed by atoms with Crippen LogP contribution in [0, 0.1) is 5.92 Å². The molecule has 21 heavy (non-hydrogen) atoms. The summed E-state index contributed by atoms with van der Waals surface area (Å²) in [5, 5.41) is 0. The monoisotopic (exact) mass is 308 g/mol. The third-order valence-electron chi connectivity index (χ3n) is 4.76. The molecule has 4 heteroatoms. The van der Waals surface area contributed by atoms with Crippen LogP contribution in [-0.2, 0) is 11.2 Å². The number of nitrogen functional groups attached to an aromatic ring is 1. The Hall–Kier alpha value is -1.22. The highest BCUT2D eigenvalue weighted by molar-refractivity contribution is 5.97. The third kappa shape index (κ3) is 3.34. The van der Waals surface area contributed by atoms with Gasteiger partial charge in [-0.15, -0.1) is 12.4 Å². The van der Waals surface area contributed by atoms with Crippen LogP contribution in [0.25, 0.3) is 0 Å². The highest BCUT2D eigenvalue weighted by atomic mass is 35.5. The van der Waals surface area contributed by atoms with Crippen LogP contribution < -0.4 is 10.6 Å². The van der Waals surface area contributed by atoms with Gasteiger partial charge in [0, 0.05) is 23.8 Å². The lowest BCUT2D eigenvalue weighted by atomic mass is 9.94. The molecule has 1 aliphatic heterocycles. The molecule has 116 valence electrons. The second-order valence-corrected chi connectivity index (χ2v) is 6.13. The lowest BCUT2D eigenvalue weighted by Gasteiger charge is -2.32. The van der Waals surface area contributed by atoms with E-state index < -0.39 is 0 Å². The minimum absolute atomic E-state index is 0. The summed E-state index contributed by atoms with van der Waals surface area (Å²) in [4.78, 5) is 14.9. The first-order valence-electron chi connectivity index (χ1n) is 7.96. The fourth-order valence-corrected chi connectivity index (χ4v) is 3.63. The molecule has 0 atom stereocenters. The minimum atomic E-state index is 0. The number of hydrogen-bond donors (Lipinski definition) is 1. The molecule has 2 aliphatic rings. The maximum Gasteiger partial charge on any atom is 0.230 e. The molecule has 1 heterocycles. The Kier molecular flexibility index (Phi) is 5.51. The van der Waals surface area contributed by atoms with Gasteiger partial charge in [0.05, 0.1) is 0 Å². The molecular formula is C17H25ClN2O. The number of rotatable bonds is 1. The fraction of sp³-hybridized carbons (Fsp3) is 0.588. The van der Waals surface area contributed by atoms with E-state index in [1.165, 1.54) is 31.2 Å². The van der Waals surface area contributed by atoms with Gasteiger partial charge < -0.3 is 10.6 Å². The Morgan fingerprint density at radius 1 is 1.10 bits per heavy atom. The van der Waals surface area contributed by atoms with Crippen LogP contribution in [0.5, 0.6) is 0 Å². The highest BCUT2D eigenvalue weighted by Gasteiger charge is 2.29. The molecule has 3 rings (SSSR count). The number of carbonyl (C=O) groups excluding carboxylic acids is 1. The molecular weight excluding hydrogens is 284 g/mol. The molecule has 1 amide bonds. The number of carbonyl (C=O) groups is 1. The molecule has 0 radical (unpaired) electrons. The van der Waals surface area contributed by atoms with Crippen molar-refractivity contribution in [3.05, 3.63) is 23.8 Å². The normalized spacial score (nSPS) is 19.3. The number of nitrogens with two attached hydrogens (primary N) is 1. The summed E-state index contributed by atoms with van der Waals surface area (Å²) in [6.45, 7) is 0.853. The Morgan fingerprint density at radius 3 is 2.52 bits per heavy atom. The van der Waals surface area contributed by atoms with Gasteiger partial charge in [-0.2, -0.15) is 0 Å². The molecule has 0 bridgehead atoms. The second kappa shape index (κ2) is 7.17. The molecule has 1 aliphatic carbocycles. The summed E-state index contributed by atoms with van der Waals surface area (Å²) in [7, 11) is 0. The predicted octanol–water partition coefficient (Wildman–Crippen LogP) is 3.94. The van der Waals surface area contributed by atoms with Gasteiger partial charge in [-0.3, -0.25) is 4.79 Å². The SMILES string of the molecule is Cl.Nc1cccc2c1CCCN2C(=O)C1CCCCCC1. The van der Waals surface area contributed by atoms with Gasteiger partial charge >= 0.3 is 0 Å². The van der Waals surface area contributed by atoms with Gasteiger partial charge in [0.25, 0.3) is 0 Å². The number of anilines is 2. The molecule has 3 nitrogen and oxygen atoms in total. The number of nitrogens with zero attached hydrogens (tertiary/aromatic N) is 1. The fourth-order valence-electron chi connectivity index (χ4n) is 3.63. The average Bonchev–Trinajstić information content (AvgIpc) is 2.75. The maximum absolute atomic E-state index is 12.9. The number of amides is 1. The Bertz CT molecular complexity index is 496. The van der Waals surface area contributed by atoms with Crippen molar-refractivity contribution < 1.29 is 4.79 Å². The molecule has 0 spiro atoms. The molecule has 0 saturated heterocycles. The molecule has 2 N–H and O–H groups in total. The van der Waals surface area contributed by atoms with Crippen molar-refractivity contribution in [3.8, 4) is 0 Å². The largest absolute Gasteiger partial charge is 0.398 e. The van der Waals surface area contributed by atoms with E-state index in [1.807, 2.05) is 17.0 Å². The van der Waals surface area contributed by atoms with Crippen molar-refractivity contribution >= 4 is 29.7 Å². The van der Waals surface area contributed by atoms with Crippen molar-refractivity contribution in [1.82, 2.24) is 0 Å². The Balaban J connectivity index is 0.00000161. The first kappa shape index (κ1) is 16.2. The van der Waals surface area contributed by atoms with Crippen molar-refractivity contribution in [1.29, 1.82) is 0 Å². The van der Waals surface area contributed by atoms with Crippen LogP contribution in [-0.4, -0.2) is 12.5 Å². The van der Waals surface area contributed by atoms with Crippen LogP contribution in [0.1, 0.15) is 50.5 Å². The van der Waals surface area contributed by atoms with Crippen LogP contribution in [0.4, 0.5) is 11.4 Å². The summed E-state index contributed by atoms with van der Waals surface area (Å²) in [6.07, 6.45) is 9.12. The van der Waals surface area contributed by atoms with E-state index in [0.29, 0.717) is 5.91 Å². The Morgan fingerprint density at radius 2 is 1.81 bits per heavy atom. The zero-order valence-electron chi connectivity index (χ0n) is 12.5. The lowest BCUT2D eigenvalue weighted by Crippen LogP contribution is -2.39. The third-order valence-corrected chi connectivity index (χ3v) is 4.76. The van der Waals surface area contributed by atoms with Crippen molar-refractivity contribution in [3.63, 3.8) is 0 Å². The number of fused-ring (bicyclic) bond motifs is 1. The van der Waals surface area contributed by atoms with E-state index in [0.717, 1.165) is 43.6 Å². The van der Waals surface area contributed by atoms with Crippen LogP contribution in [0.3, 0.4) is 0 Å². The quantitative estimate of drug-likeness (QED) is 0.631. The van der Waals surface area contributed by atoms with Crippen LogP contribution in [0.2, 0.25) is 0 Å². The van der Waals surface area contributed by atoms with E-state index >= 15 is 0 Å². The zero-order valence-corrected chi connectivity index (χ0v) is 13.3. The van der Waals surface area contributed by atoms with Gasteiger partial charge in [0.15, 0.2) is 0 Å². The Labute approximate surface area is 133 Å². The highest BCUT2D eigenvalue weighted by Crippen LogP contribution is 2.34. The van der Waals surface area contributed by atoms with E-state index in [4.69, 9.17) is 5.73 Å². The molecule has 0 aromatic heterocycles. The van der Waals surface area contributed by atoms with E-state index in [2.05, 4.69) is 6.07 Å². The van der Waals surface area contributed by atoms with Gasteiger partial charge in [-0.25, -0.2) is 0 Å². The maximum atomic E-state index is 12.9. The van der Waals surface area contributed by atoms with E-state index in [9.17, 15) is 4.79 Å². The first-order chi connectivity index (χ1) is 9.77. The summed E-state index contributed by atoms with van der Waals surface area (Å²) in [5.41, 5.74) is 9.13. The van der Waals surface area contributed by atoms with Crippen molar-refractivity contribution in [2.24, 2.45) is 5.92 Å². The van der Waals surface area contributed by atoms with E-state index in [1.54, 1.807) is 0 Å². The number of hydrogen-bond acceptors (Lipinski definition) is 2. The standard InChI is InChI=1S/C17H24N2O.ClH/c18-15-10-5-11-16-14(15)9-6-12-19(16)17(20)13-7-3-1-2-4-8-13;/h5,10-11,13H,1-4,6-9,12,18H2;1H. The molecule has 1 fully saturated rings. The number of halogens is 1. The molecule has 1 saturated carbocycles. The predicted molar refractivity (Wildman–Crippen MR) is 90.0 cm³/mol. The zero-order chi connectivity index (χ0) is 13.9. The van der Waals surface area contributed by atoms with Crippen molar-refractivity contribution in [2.45, 2.75) is 51.4 Å². The summed E-state index contributed by atoms with van der Waals surface area (Å²) >= 11 is 0. The number of benzene rings is 1. The smallest absolute Gasteiger partial charge is 0.230 e. The molecule has 0 unspecified atom stereocenters. The van der Waals surface area contributed by atoms with Crippen LogP contribution in [0.15, 0.2) is 18.2 Å². The van der Waals surface area contributed by atoms with Crippen molar-refractivity contribution in [2.75, 3.05) is 17.2 Å². The van der Waals surface area contributed by atoms with Gasteiger partial charge in [-0.1, -0.05) is 31.7 Å². The van der Waals surface area contributed by atoms with Crippen LogP contribution >= 0.6 is 12.4 Å². The average molecular weight is 309 g/mol. The minimum Gasteiger partial charge on any atom is -0.398 e. The second-order valence-electron chi connectivity index (χ2n) is 6.13. The summed E-state index contributed by atoms with van der Waals surface area (Å²) in [5.74, 6) is 0.559. The molecule has 1 aromatic rings. The molecule has 1 aromatic carbocycles. The van der Waals surface area contributed by atoms with Gasteiger partial charge in [0.2, 0.25) is 5.91 Å². The lowest BCUT2D eigenvalue weighted by molar-refractivity contribution is -0.122. The summed E-state index contributed by atoms with van der Waals surface area (Å²) in [6, 6.07) is 5.96. The summed E-state index contributed by atoms with van der Waals surface area (Å²) < 4.78 is 0. The van der Waals surface area contributed by atoms with E-state index in [-0.39, 0.29) is 18.3 Å². The van der Waals surface area contributed by atoms with Gasteiger partial charge in [0.1, 0.15) is 0 Å². The topological polar surface area (TPSA) is 46.3 Å². The van der Waals surface area contributed by atoms with Gasteiger partial charge in [-0.05, 0) is 43.4 Å². The first-order valence-corrected chi connectivity index (χ1v) is 7.96.